The summed E-state index contributed by atoms with van der Waals surface area (Å²) in [4.78, 5) is 0. The lowest BCUT2D eigenvalue weighted by Gasteiger charge is -2.05. The van der Waals surface area contributed by atoms with Gasteiger partial charge in [0.05, 0.1) is 0 Å². The zero-order valence-electron chi connectivity index (χ0n) is 13.9. The second-order valence-electron chi connectivity index (χ2n) is 5.96. The maximum absolute atomic E-state index is 3.95. The van der Waals surface area contributed by atoms with Gasteiger partial charge in [-0.15, -0.1) is 0 Å². The molecule has 0 nitrogen and oxygen atoms in total. The van der Waals surface area contributed by atoms with Crippen LogP contribution in [-0.2, 0) is 12.8 Å². The Morgan fingerprint density at radius 3 is 1.36 bits per heavy atom. The normalized spacial score (nSPS) is 10.2. The molecule has 0 heterocycles. The smallest absolute Gasteiger partial charge is 0.0279 e. The van der Waals surface area contributed by atoms with E-state index in [-0.39, 0.29) is 0 Å². The number of aryl methyl sites for hydroxylation is 2. The average Bonchev–Trinajstić information content (AvgIpc) is 2.56. The number of hydrogen-bond acceptors (Lipinski definition) is 0. The van der Waals surface area contributed by atoms with Crippen molar-refractivity contribution in [3.63, 3.8) is 0 Å². The molecule has 0 saturated carbocycles. The van der Waals surface area contributed by atoms with Crippen LogP contribution in [-0.4, -0.2) is 0 Å². The summed E-state index contributed by atoms with van der Waals surface area (Å²) >= 11 is 0. The van der Waals surface area contributed by atoms with Crippen molar-refractivity contribution in [3.05, 3.63) is 85.0 Å². The Bertz CT molecular complexity index is 440. The fourth-order valence-corrected chi connectivity index (χ4v) is 2.44. The quantitative estimate of drug-likeness (QED) is 0.301. The Morgan fingerprint density at radius 1 is 0.682 bits per heavy atom. The van der Waals surface area contributed by atoms with Gasteiger partial charge in [0.25, 0.3) is 0 Å². The van der Waals surface area contributed by atoms with Crippen LogP contribution in [0.15, 0.2) is 73.9 Å². The molecule has 0 N–H and O–H groups in total. The summed E-state index contributed by atoms with van der Waals surface area (Å²) in [5, 5.41) is 0. The predicted octanol–water partition coefficient (Wildman–Crippen LogP) is 6.60. The van der Waals surface area contributed by atoms with Crippen LogP contribution in [0.2, 0.25) is 0 Å². The van der Waals surface area contributed by atoms with E-state index in [9.17, 15) is 0 Å². The lowest BCUT2D eigenvalue weighted by molar-refractivity contribution is 0.731. The van der Waals surface area contributed by atoms with Crippen molar-refractivity contribution in [3.8, 4) is 0 Å². The molecule has 0 unspecified atom stereocenters. The van der Waals surface area contributed by atoms with Gasteiger partial charge in [-0.2, -0.15) is 0 Å². The molecule has 0 aliphatic heterocycles. The summed E-state index contributed by atoms with van der Waals surface area (Å²) in [5.41, 5.74) is 5.17. The molecule has 0 aliphatic rings. The van der Waals surface area contributed by atoms with Gasteiger partial charge in [-0.3, -0.25) is 0 Å². The molecule has 0 aliphatic carbocycles. The molecule has 0 spiro atoms. The largest absolute Gasteiger partial charge is 0.0988 e. The summed E-state index contributed by atoms with van der Waals surface area (Å²) < 4.78 is 0. The van der Waals surface area contributed by atoms with Crippen LogP contribution in [0.25, 0.3) is 0 Å². The van der Waals surface area contributed by atoms with Crippen LogP contribution in [0.1, 0.15) is 49.7 Å². The molecular formula is C22H30. The Morgan fingerprint density at radius 2 is 1.05 bits per heavy atom. The Labute approximate surface area is 137 Å². The van der Waals surface area contributed by atoms with Gasteiger partial charge in [-0.05, 0) is 62.5 Å². The first-order chi connectivity index (χ1) is 10.7. The Balaban J connectivity index is 2.22. The van der Waals surface area contributed by atoms with Crippen LogP contribution in [0.4, 0.5) is 0 Å². The molecular weight excluding hydrogens is 264 g/mol. The van der Waals surface area contributed by atoms with Crippen LogP contribution in [0.5, 0.6) is 0 Å². The summed E-state index contributed by atoms with van der Waals surface area (Å²) in [6.07, 6.45) is 13.0. The fourth-order valence-electron chi connectivity index (χ4n) is 2.44. The summed E-state index contributed by atoms with van der Waals surface area (Å²) in [5.74, 6) is 0. The molecule has 0 heteroatoms. The van der Waals surface area contributed by atoms with Gasteiger partial charge >= 0.3 is 0 Å². The Hall–Kier alpha value is -1.82. The number of rotatable bonds is 12. The van der Waals surface area contributed by atoms with Crippen LogP contribution < -0.4 is 0 Å². The maximum atomic E-state index is 3.95. The summed E-state index contributed by atoms with van der Waals surface area (Å²) in [6, 6.07) is 9.11. The molecule has 0 saturated heterocycles. The van der Waals surface area contributed by atoms with E-state index in [1.807, 2.05) is 12.2 Å². The van der Waals surface area contributed by atoms with Crippen LogP contribution >= 0.6 is 0 Å². The predicted molar refractivity (Wildman–Crippen MR) is 100 cm³/mol. The molecule has 0 atom stereocenters. The molecule has 0 fully saturated rings. The third-order valence-electron chi connectivity index (χ3n) is 4.03. The second-order valence-corrected chi connectivity index (χ2v) is 5.96. The van der Waals surface area contributed by atoms with E-state index in [2.05, 4.69) is 50.6 Å². The average molecular weight is 294 g/mol. The Kier molecular flexibility index (Phi) is 8.98. The first-order valence-electron chi connectivity index (χ1n) is 8.34. The van der Waals surface area contributed by atoms with Gasteiger partial charge in [0, 0.05) is 0 Å². The first-order valence-corrected chi connectivity index (χ1v) is 8.34. The molecule has 0 radical (unpaired) electrons. The highest BCUT2D eigenvalue weighted by Gasteiger charge is 1.98. The number of hydrogen-bond donors (Lipinski definition) is 0. The zero-order chi connectivity index (χ0) is 16.2. The van der Waals surface area contributed by atoms with Crippen molar-refractivity contribution in [1.82, 2.24) is 0 Å². The van der Waals surface area contributed by atoms with Crippen molar-refractivity contribution >= 4 is 0 Å². The van der Waals surface area contributed by atoms with Crippen molar-refractivity contribution < 1.29 is 0 Å². The van der Waals surface area contributed by atoms with E-state index in [0.717, 1.165) is 36.8 Å². The molecule has 22 heavy (non-hydrogen) atoms. The van der Waals surface area contributed by atoms with Gasteiger partial charge in [0.15, 0.2) is 0 Å². The second kappa shape index (κ2) is 10.8. The van der Waals surface area contributed by atoms with Gasteiger partial charge in [-0.25, -0.2) is 0 Å². The van der Waals surface area contributed by atoms with Gasteiger partial charge in [0.2, 0.25) is 0 Å². The van der Waals surface area contributed by atoms with Gasteiger partial charge in [-0.1, -0.05) is 73.9 Å². The van der Waals surface area contributed by atoms with E-state index in [1.54, 1.807) is 0 Å². The number of allylic oxidation sites excluding steroid dienone is 4. The number of unbranched alkanes of at least 4 members (excludes halogenated alkanes) is 2. The van der Waals surface area contributed by atoms with E-state index in [0.29, 0.717) is 0 Å². The zero-order valence-corrected chi connectivity index (χ0v) is 13.9. The third kappa shape index (κ3) is 7.83. The number of benzene rings is 1. The third-order valence-corrected chi connectivity index (χ3v) is 4.03. The fraction of sp³-hybridized carbons (Fsp3) is 0.364. The van der Waals surface area contributed by atoms with Crippen molar-refractivity contribution in [2.45, 2.75) is 51.4 Å². The van der Waals surface area contributed by atoms with E-state index in [1.165, 1.54) is 36.8 Å². The summed E-state index contributed by atoms with van der Waals surface area (Å²) in [7, 11) is 0. The molecule has 1 aromatic rings. The van der Waals surface area contributed by atoms with Crippen LogP contribution in [0.3, 0.4) is 0 Å². The van der Waals surface area contributed by atoms with Gasteiger partial charge in [0.1, 0.15) is 0 Å². The minimum atomic E-state index is 1.07. The first kappa shape index (κ1) is 18.2. The molecule has 0 amide bonds. The standard InChI is InChI=1S/C22H30/c1-5-19(3)11-7-9-13-21-15-17-22(18-16-21)14-10-8-12-20(4)6-2/h5-6,15-18H,1-4,7-14H2. The minimum Gasteiger partial charge on any atom is -0.0988 e. The molecule has 1 aromatic carbocycles. The maximum Gasteiger partial charge on any atom is -0.0279 e. The SMILES string of the molecule is C=CC(=C)CCCCc1ccc(CCCCC(=C)C=C)cc1. The lowest BCUT2D eigenvalue weighted by atomic mass is 10.0. The van der Waals surface area contributed by atoms with Crippen molar-refractivity contribution in [2.24, 2.45) is 0 Å². The highest BCUT2D eigenvalue weighted by Crippen LogP contribution is 2.14. The van der Waals surface area contributed by atoms with E-state index >= 15 is 0 Å². The van der Waals surface area contributed by atoms with Gasteiger partial charge < -0.3 is 0 Å². The highest BCUT2D eigenvalue weighted by molar-refractivity contribution is 5.23. The highest BCUT2D eigenvalue weighted by atomic mass is 14.0. The van der Waals surface area contributed by atoms with E-state index in [4.69, 9.17) is 0 Å². The molecule has 1 rings (SSSR count). The molecule has 118 valence electrons. The van der Waals surface area contributed by atoms with Crippen LogP contribution in [0, 0.1) is 0 Å². The van der Waals surface area contributed by atoms with Crippen molar-refractivity contribution in [1.29, 1.82) is 0 Å². The topological polar surface area (TPSA) is 0 Å². The lowest BCUT2D eigenvalue weighted by Crippen LogP contribution is -1.90. The molecule has 0 bridgehead atoms. The minimum absolute atomic E-state index is 1.07. The van der Waals surface area contributed by atoms with Crippen molar-refractivity contribution in [2.75, 3.05) is 0 Å². The molecule has 0 aromatic heterocycles. The summed E-state index contributed by atoms with van der Waals surface area (Å²) in [6.45, 7) is 15.4. The van der Waals surface area contributed by atoms with E-state index < -0.39 is 0 Å². The monoisotopic (exact) mass is 294 g/mol.